The fourth-order valence-electron chi connectivity index (χ4n) is 2.73. The zero-order valence-electron chi connectivity index (χ0n) is 17.5. The summed E-state index contributed by atoms with van der Waals surface area (Å²) in [5.41, 5.74) is 1.35. The molecule has 3 aromatic rings. The van der Waals surface area contributed by atoms with Gasteiger partial charge in [0.15, 0.2) is 0 Å². The van der Waals surface area contributed by atoms with Crippen LogP contribution in [0.3, 0.4) is 0 Å². The van der Waals surface area contributed by atoms with E-state index < -0.39 is 10.0 Å². The summed E-state index contributed by atoms with van der Waals surface area (Å²) < 4.78 is 37.2. The van der Waals surface area contributed by atoms with Crippen molar-refractivity contribution in [1.29, 1.82) is 0 Å². The molecule has 0 spiro atoms. The van der Waals surface area contributed by atoms with Crippen LogP contribution >= 0.6 is 11.8 Å². The Kier molecular flexibility index (Phi) is 7.21. The molecule has 3 N–H and O–H groups in total. The standard InChI is InChI=1S/C20H23N5O4S2/c1-21-31(26,27)16-5-6-18(30-4)17(10-16)25-20-11-19(22-12-23-20)24-13-7-14(28-2)9-15(8-13)29-3/h5-12,21H,1-4H3,(H2,22,23,24,25). The first-order valence-electron chi connectivity index (χ1n) is 9.09. The molecule has 0 aliphatic carbocycles. The molecule has 0 saturated carbocycles. The van der Waals surface area contributed by atoms with Crippen LogP contribution in [0.4, 0.5) is 23.0 Å². The van der Waals surface area contributed by atoms with Crippen LogP contribution in [0.2, 0.25) is 0 Å². The Labute approximate surface area is 185 Å². The maximum absolute atomic E-state index is 12.2. The van der Waals surface area contributed by atoms with Gasteiger partial charge in [-0.15, -0.1) is 11.8 Å². The fourth-order valence-corrected chi connectivity index (χ4v) is 4.02. The number of hydrogen-bond donors (Lipinski definition) is 3. The average Bonchev–Trinajstić information content (AvgIpc) is 2.78. The number of thioether (sulfide) groups is 1. The third-order valence-electron chi connectivity index (χ3n) is 4.30. The van der Waals surface area contributed by atoms with Gasteiger partial charge in [-0.1, -0.05) is 0 Å². The van der Waals surface area contributed by atoms with Crippen LogP contribution < -0.4 is 24.8 Å². The van der Waals surface area contributed by atoms with Gasteiger partial charge in [-0.05, 0) is 31.5 Å². The predicted molar refractivity (Wildman–Crippen MR) is 123 cm³/mol. The lowest BCUT2D eigenvalue weighted by molar-refractivity contribution is 0.395. The number of nitrogens with zero attached hydrogens (tertiary/aromatic N) is 2. The van der Waals surface area contributed by atoms with Crippen molar-refractivity contribution in [3.8, 4) is 11.5 Å². The van der Waals surface area contributed by atoms with Crippen LogP contribution in [0.15, 0.2) is 58.6 Å². The number of nitrogens with one attached hydrogen (secondary N) is 3. The van der Waals surface area contributed by atoms with E-state index in [0.717, 1.165) is 10.6 Å². The Morgan fingerprint density at radius 3 is 2.13 bits per heavy atom. The molecule has 0 aliphatic rings. The second-order valence-corrected chi connectivity index (χ2v) is 8.94. The van der Waals surface area contributed by atoms with Gasteiger partial charge in [0.2, 0.25) is 10.0 Å². The summed E-state index contributed by atoms with van der Waals surface area (Å²) in [6.07, 6.45) is 3.32. The van der Waals surface area contributed by atoms with Gasteiger partial charge in [0.1, 0.15) is 29.5 Å². The van der Waals surface area contributed by atoms with Gasteiger partial charge >= 0.3 is 0 Å². The van der Waals surface area contributed by atoms with Crippen molar-refractivity contribution in [3.05, 3.63) is 48.8 Å². The quantitative estimate of drug-likeness (QED) is 0.411. The molecule has 31 heavy (non-hydrogen) atoms. The number of rotatable bonds is 9. The zero-order valence-corrected chi connectivity index (χ0v) is 19.1. The first kappa shape index (κ1) is 22.7. The number of methoxy groups -OCH3 is 2. The lowest BCUT2D eigenvalue weighted by atomic mass is 10.2. The summed E-state index contributed by atoms with van der Waals surface area (Å²) in [5.74, 6) is 2.32. The summed E-state index contributed by atoms with van der Waals surface area (Å²) >= 11 is 1.49. The maximum atomic E-state index is 12.2. The van der Waals surface area contributed by atoms with Crippen molar-refractivity contribution < 1.29 is 17.9 Å². The topological polar surface area (TPSA) is 114 Å². The van der Waals surface area contributed by atoms with E-state index in [1.165, 1.54) is 25.1 Å². The minimum Gasteiger partial charge on any atom is -0.497 e. The molecule has 1 aromatic heterocycles. The molecule has 9 nitrogen and oxygen atoms in total. The van der Waals surface area contributed by atoms with Crippen LogP contribution in [0.5, 0.6) is 11.5 Å². The van der Waals surface area contributed by atoms with Gasteiger partial charge in [0.25, 0.3) is 0 Å². The summed E-state index contributed by atoms with van der Waals surface area (Å²) in [5, 5.41) is 6.37. The van der Waals surface area contributed by atoms with E-state index in [1.54, 1.807) is 44.6 Å². The Bertz CT molecular complexity index is 1150. The minimum absolute atomic E-state index is 0.159. The number of aromatic nitrogens is 2. The molecule has 1 heterocycles. The van der Waals surface area contributed by atoms with Crippen molar-refractivity contribution in [2.75, 3.05) is 38.2 Å². The van der Waals surface area contributed by atoms with E-state index in [0.29, 0.717) is 28.8 Å². The summed E-state index contributed by atoms with van der Waals surface area (Å²) in [6, 6.07) is 12.0. The molecule has 0 atom stereocenters. The van der Waals surface area contributed by atoms with Crippen LogP contribution in [0.1, 0.15) is 0 Å². The van der Waals surface area contributed by atoms with E-state index >= 15 is 0 Å². The lowest BCUT2D eigenvalue weighted by Crippen LogP contribution is -2.18. The third-order valence-corrected chi connectivity index (χ3v) is 6.51. The molecule has 0 amide bonds. The molecular weight excluding hydrogens is 438 g/mol. The predicted octanol–water partition coefficient (Wildman–Crippen LogP) is 3.61. The highest BCUT2D eigenvalue weighted by atomic mass is 32.2. The van der Waals surface area contributed by atoms with E-state index in [9.17, 15) is 8.42 Å². The molecule has 0 unspecified atom stereocenters. The first-order chi connectivity index (χ1) is 14.9. The Morgan fingerprint density at radius 1 is 0.903 bits per heavy atom. The van der Waals surface area contributed by atoms with E-state index in [-0.39, 0.29) is 4.90 Å². The second-order valence-electron chi connectivity index (χ2n) is 6.21. The largest absolute Gasteiger partial charge is 0.497 e. The van der Waals surface area contributed by atoms with Crippen LogP contribution in [-0.2, 0) is 10.0 Å². The van der Waals surface area contributed by atoms with Gasteiger partial charge < -0.3 is 20.1 Å². The third kappa shape index (κ3) is 5.57. The van der Waals surface area contributed by atoms with Gasteiger partial charge in [0, 0.05) is 34.8 Å². The highest BCUT2D eigenvalue weighted by Crippen LogP contribution is 2.31. The van der Waals surface area contributed by atoms with E-state index in [2.05, 4.69) is 25.3 Å². The Hall–Kier alpha value is -3.02. The van der Waals surface area contributed by atoms with Crippen molar-refractivity contribution in [2.45, 2.75) is 9.79 Å². The molecule has 0 aliphatic heterocycles. The summed E-state index contributed by atoms with van der Waals surface area (Å²) in [7, 11) is 0.968. The minimum atomic E-state index is -3.57. The molecular formula is C20H23N5O4S2. The Morgan fingerprint density at radius 2 is 1.55 bits per heavy atom. The van der Waals surface area contributed by atoms with Crippen LogP contribution in [0, 0.1) is 0 Å². The monoisotopic (exact) mass is 461 g/mol. The molecule has 11 heteroatoms. The molecule has 0 bridgehead atoms. The molecule has 0 saturated heterocycles. The maximum Gasteiger partial charge on any atom is 0.240 e. The van der Waals surface area contributed by atoms with E-state index in [4.69, 9.17) is 9.47 Å². The van der Waals surface area contributed by atoms with Gasteiger partial charge in [-0.3, -0.25) is 0 Å². The van der Waals surface area contributed by atoms with E-state index in [1.807, 2.05) is 18.4 Å². The average molecular weight is 462 g/mol. The van der Waals surface area contributed by atoms with Crippen molar-refractivity contribution in [1.82, 2.24) is 14.7 Å². The molecule has 3 rings (SSSR count). The molecule has 164 valence electrons. The summed E-state index contributed by atoms with van der Waals surface area (Å²) in [6.45, 7) is 0. The fraction of sp³-hybridized carbons (Fsp3) is 0.200. The zero-order chi connectivity index (χ0) is 22.4. The smallest absolute Gasteiger partial charge is 0.240 e. The highest BCUT2D eigenvalue weighted by Gasteiger charge is 2.14. The van der Waals surface area contributed by atoms with Crippen molar-refractivity contribution >= 4 is 44.8 Å². The highest BCUT2D eigenvalue weighted by molar-refractivity contribution is 7.98. The molecule has 0 fully saturated rings. The molecule has 0 radical (unpaired) electrons. The molecule has 2 aromatic carbocycles. The lowest BCUT2D eigenvalue weighted by Gasteiger charge is -2.13. The van der Waals surface area contributed by atoms with Crippen LogP contribution in [0.25, 0.3) is 0 Å². The van der Waals surface area contributed by atoms with Crippen molar-refractivity contribution in [3.63, 3.8) is 0 Å². The van der Waals surface area contributed by atoms with Gasteiger partial charge in [0.05, 0.1) is 24.8 Å². The SMILES string of the molecule is CNS(=O)(=O)c1ccc(SC)c(Nc2cc(Nc3cc(OC)cc(OC)c3)ncn2)c1. The number of sulfonamides is 1. The van der Waals surface area contributed by atoms with Gasteiger partial charge in [-0.2, -0.15) is 0 Å². The van der Waals surface area contributed by atoms with Crippen molar-refractivity contribution in [2.24, 2.45) is 0 Å². The first-order valence-corrected chi connectivity index (χ1v) is 11.8. The normalized spacial score (nSPS) is 11.1. The van der Waals surface area contributed by atoms with Crippen LogP contribution in [-0.4, -0.2) is 45.9 Å². The second kappa shape index (κ2) is 9.86. The number of benzene rings is 2. The Balaban J connectivity index is 1.88. The number of anilines is 4. The summed E-state index contributed by atoms with van der Waals surface area (Å²) in [4.78, 5) is 9.52. The number of hydrogen-bond acceptors (Lipinski definition) is 9. The van der Waals surface area contributed by atoms with Gasteiger partial charge in [-0.25, -0.2) is 23.1 Å². The number of ether oxygens (including phenoxy) is 2.